The molecule has 0 aliphatic carbocycles. The van der Waals surface area contributed by atoms with Gasteiger partial charge in [-0.2, -0.15) is 0 Å². The number of allylic oxidation sites excluding steroid dienone is 14. The lowest BCUT2D eigenvalue weighted by Crippen LogP contribution is -2.46. The maximum atomic E-state index is 13.3. The number of carbonyl (C=O) groups excluding carboxylic acids is 2. The third-order valence-electron chi connectivity index (χ3n) is 12.9. The molecule has 3 atom stereocenters. The molecular weight excluding hydrogens is 839 g/mol. The Morgan fingerprint density at radius 3 is 1.18 bits per heavy atom. The van der Waals surface area contributed by atoms with E-state index in [0.29, 0.717) is 19.3 Å². The van der Waals surface area contributed by atoms with E-state index in [1.54, 1.807) is 0 Å². The Hall–Kier alpha value is -2.96. The fourth-order valence-corrected chi connectivity index (χ4v) is 8.44. The quantitative estimate of drug-likeness (QED) is 0.0321. The van der Waals surface area contributed by atoms with Gasteiger partial charge in [-0.25, -0.2) is 0 Å². The van der Waals surface area contributed by atoms with Crippen LogP contribution in [0.1, 0.15) is 271 Å². The number of ether oxygens (including phenoxy) is 1. The second-order valence-corrected chi connectivity index (χ2v) is 19.5. The molecule has 392 valence electrons. The summed E-state index contributed by atoms with van der Waals surface area (Å²) in [5.41, 5.74) is 0. The monoisotopic (exact) mass is 948 g/mol. The number of carbonyl (C=O) groups is 2. The fraction of sp³-hybridized carbons (Fsp3) is 0.742. The number of hydrogen-bond donors (Lipinski definition) is 3. The minimum atomic E-state index is -0.808. The fourth-order valence-electron chi connectivity index (χ4n) is 8.44. The van der Waals surface area contributed by atoms with Gasteiger partial charge in [-0.1, -0.05) is 266 Å². The van der Waals surface area contributed by atoms with Gasteiger partial charge < -0.3 is 20.3 Å². The zero-order chi connectivity index (χ0) is 49.5. The third kappa shape index (κ3) is 49.5. The molecule has 0 saturated carbocycles. The maximum absolute atomic E-state index is 13.3. The number of rotatable bonds is 51. The van der Waals surface area contributed by atoms with E-state index in [1.165, 1.54) is 128 Å². The van der Waals surface area contributed by atoms with Crippen molar-refractivity contribution in [1.29, 1.82) is 0 Å². The van der Waals surface area contributed by atoms with Gasteiger partial charge in [0.1, 0.15) is 6.10 Å². The highest BCUT2D eigenvalue weighted by molar-refractivity contribution is 5.77. The number of unbranched alkanes of at least 4 members (excludes halogenated alkanes) is 30. The molecule has 0 saturated heterocycles. The highest BCUT2D eigenvalue weighted by Gasteiger charge is 2.24. The first-order valence-corrected chi connectivity index (χ1v) is 28.9. The van der Waals surface area contributed by atoms with Crippen LogP contribution in [0.4, 0.5) is 0 Å². The van der Waals surface area contributed by atoms with Crippen LogP contribution in [-0.2, 0) is 14.3 Å². The summed E-state index contributed by atoms with van der Waals surface area (Å²) in [6.45, 7) is 6.43. The van der Waals surface area contributed by atoms with Gasteiger partial charge in [0.2, 0.25) is 5.91 Å². The Morgan fingerprint density at radius 1 is 0.426 bits per heavy atom. The van der Waals surface area contributed by atoms with Gasteiger partial charge in [0.05, 0.1) is 25.2 Å². The first kappa shape index (κ1) is 65.0. The molecule has 6 nitrogen and oxygen atoms in total. The van der Waals surface area contributed by atoms with E-state index < -0.39 is 18.2 Å². The Bertz CT molecular complexity index is 1290. The molecule has 0 aromatic carbocycles. The van der Waals surface area contributed by atoms with Gasteiger partial charge >= 0.3 is 5.97 Å². The summed E-state index contributed by atoms with van der Waals surface area (Å²) in [5, 5.41) is 23.9. The minimum Gasteiger partial charge on any atom is -0.462 e. The summed E-state index contributed by atoms with van der Waals surface area (Å²) < 4.78 is 5.94. The molecule has 0 spiro atoms. The van der Waals surface area contributed by atoms with Crippen LogP contribution in [0.2, 0.25) is 0 Å². The van der Waals surface area contributed by atoms with E-state index in [2.05, 4.69) is 105 Å². The summed E-state index contributed by atoms with van der Waals surface area (Å²) in [5.74, 6) is -0.534. The molecule has 0 aliphatic heterocycles. The summed E-state index contributed by atoms with van der Waals surface area (Å²) in [6.07, 6.45) is 72.1. The predicted molar refractivity (Wildman–Crippen MR) is 296 cm³/mol. The van der Waals surface area contributed by atoms with Crippen molar-refractivity contribution in [3.63, 3.8) is 0 Å². The van der Waals surface area contributed by atoms with Gasteiger partial charge in [0.15, 0.2) is 0 Å². The van der Waals surface area contributed by atoms with Gasteiger partial charge in [0, 0.05) is 6.42 Å². The van der Waals surface area contributed by atoms with E-state index in [4.69, 9.17) is 4.74 Å². The summed E-state index contributed by atoms with van der Waals surface area (Å²) in [7, 11) is 0. The Morgan fingerprint density at radius 2 is 0.750 bits per heavy atom. The maximum Gasteiger partial charge on any atom is 0.306 e. The van der Waals surface area contributed by atoms with Crippen LogP contribution in [0.5, 0.6) is 0 Å². The lowest BCUT2D eigenvalue weighted by atomic mass is 10.0. The van der Waals surface area contributed by atoms with Gasteiger partial charge in [-0.3, -0.25) is 9.59 Å². The highest BCUT2D eigenvalue weighted by atomic mass is 16.5. The van der Waals surface area contributed by atoms with Crippen molar-refractivity contribution >= 4 is 11.9 Å². The first-order chi connectivity index (χ1) is 33.5. The number of amides is 1. The average molecular weight is 949 g/mol. The van der Waals surface area contributed by atoms with E-state index in [1.807, 2.05) is 6.08 Å². The zero-order valence-electron chi connectivity index (χ0n) is 44.7. The second kappa shape index (κ2) is 55.0. The molecule has 0 bridgehead atoms. The molecular formula is C62H109NO5. The second-order valence-electron chi connectivity index (χ2n) is 19.5. The standard InChI is InChI=1S/C62H109NO5/c1-4-7-10-13-16-19-22-25-28-30-31-34-37-40-43-46-49-52-55-62(67)68-58(53-50-47-44-41-38-35-33-29-26-23-20-17-14-11-8-5-2)56-61(66)63-59(57-64)60(65)54-51-48-45-42-39-36-32-27-24-21-18-15-12-9-6-3/h17,20,22-23,25-26,28-31,33-35,38,58-60,64-65H,4-16,18-19,21,24,27,32,36-37,39-57H2,1-3H3,(H,63,66)/b20-17+,25-22+,26-23+,30-28+,33-29+,34-31+,38-35+. The van der Waals surface area contributed by atoms with Gasteiger partial charge in [-0.05, 0) is 77.0 Å². The molecule has 0 heterocycles. The summed E-state index contributed by atoms with van der Waals surface area (Å²) >= 11 is 0. The lowest BCUT2D eigenvalue weighted by Gasteiger charge is -2.24. The first-order valence-electron chi connectivity index (χ1n) is 28.9. The molecule has 3 unspecified atom stereocenters. The Labute approximate surface area is 421 Å². The zero-order valence-corrected chi connectivity index (χ0v) is 44.7. The lowest BCUT2D eigenvalue weighted by molar-refractivity contribution is -0.151. The SMILES string of the molecule is CCCCC/C=C/C=C/C=C/C=C/CCCCCC(CC(=O)NC(CO)C(O)CCCCCCCCCCCCCCCCC)OC(=O)CCCCCCC/C=C/C=C/C=C/CCCCCCC. The molecule has 0 rings (SSSR count). The van der Waals surface area contributed by atoms with Crippen molar-refractivity contribution in [3.05, 3.63) is 85.1 Å². The van der Waals surface area contributed by atoms with Crippen molar-refractivity contribution < 1.29 is 24.5 Å². The smallest absolute Gasteiger partial charge is 0.306 e. The normalized spacial score (nSPS) is 13.8. The van der Waals surface area contributed by atoms with Crippen LogP contribution >= 0.6 is 0 Å². The van der Waals surface area contributed by atoms with E-state index in [0.717, 1.165) is 96.3 Å². The van der Waals surface area contributed by atoms with Crippen molar-refractivity contribution in [2.45, 2.75) is 289 Å². The van der Waals surface area contributed by atoms with Crippen molar-refractivity contribution in [3.8, 4) is 0 Å². The van der Waals surface area contributed by atoms with Crippen LogP contribution in [0.3, 0.4) is 0 Å². The van der Waals surface area contributed by atoms with Crippen LogP contribution in [0.15, 0.2) is 85.1 Å². The van der Waals surface area contributed by atoms with Crippen LogP contribution in [0.25, 0.3) is 0 Å². The number of nitrogens with one attached hydrogen (secondary N) is 1. The molecule has 0 aromatic rings. The van der Waals surface area contributed by atoms with Crippen LogP contribution in [0, 0.1) is 0 Å². The van der Waals surface area contributed by atoms with Gasteiger partial charge in [0.25, 0.3) is 0 Å². The minimum absolute atomic E-state index is 0.0399. The molecule has 68 heavy (non-hydrogen) atoms. The molecule has 3 N–H and O–H groups in total. The van der Waals surface area contributed by atoms with Crippen LogP contribution in [-0.4, -0.2) is 46.9 Å². The Kier molecular flexibility index (Phi) is 52.6. The number of hydrogen-bond acceptors (Lipinski definition) is 5. The van der Waals surface area contributed by atoms with Crippen molar-refractivity contribution in [2.24, 2.45) is 0 Å². The highest BCUT2D eigenvalue weighted by Crippen LogP contribution is 2.18. The van der Waals surface area contributed by atoms with E-state index >= 15 is 0 Å². The number of aliphatic hydroxyl groups excluding tert-OH is 2. The molecule has 6 heteroatoms. The largest absolute Gasteiger partial charge is 0.462 e. The van der Waals surface area contributed by atoms with Crippen molar-refractivity contribution in [1.82, 2.24) is 5.32 Å². The van der Waals surface area contributed by atoms with Gasteiger partial charge in [-0.15, -0.1) is 0 Å². The number of esters is 1. The summed E-state index contributed by atoms with van der Waals surface area (Å²) in [4.78, 5) is 26.3. The molecule has 1 amide bonds. The topological polar surface area (TPSA) is 95.9 Å². The molecule has 0 radical (unpaired) electrons. The Balaban J connectivity index is 4.69. The van der Waals surface area contributed by atoms with E-state index in [-0.39, 0.29) is 24.9 Å². The van der Waals surface area contributed by atoms with Crippen LogP contribution < -0.4 is 5.32 Å². The predicted octanol–water partition coefficient (Wildman–Crippen LogP) is 17.9. The number of aliphatic hydroxyl groups is 2. The van der Waals surface area contributed by atoms with Crippen molar-refractivity contribution in [2.75, 3.05) is 6.61 Å². The molecule has 0 aromatic heterocycles. The summed E-state index contributed by atoms with van der Waals surface area (Å²) in [6, 6.07) is -0.724. The molecule has 0 fully saturated rings. The molecule has 0 aliphatic rings. The average Bonchev–Trinajstić information content (AvgIpc) is 3.33. The van der Waals surface area contributed by atoms with E-state index in [9.17, 15) is 19.8 Å². The third-order valence-corrected chi connectivity index (χ3v) is 12.9.